The van der Waals surface area contributed by atoms with Gasteiger partial charge in [0.05, 0.1) is 6.61 Å². The van der Waals surface area contributed by atoms with Gasteiger partial charge in [-0.1, -0.05) is 31.9 Å². The molecule has 0 unspecified atom stereocenters. The quantitative estimate of drug-likeness (QED) is 0.744. The number of carbonyl (C=O) groups excluding carboxylic acids is 1. The zero-order valence-corrected chi connectivity index (χ0v) is 11.9. The molecule has 0 aliphatic heterocycles. The molecule has 0 spiro atoms. The highest BCUT2D eigenvalue weighted by atomic mass is 16.3. The van der Waals surface area contributed by atoms with E-state index < -0.39 is 0 Å². The van der Waals surface area contributed by atoms with Crippen LogP contribution in [0, 0.1) is 0 Å². The summed E-state index contributed by atoms with van der Waals surface area (Å²) in [6.07, 6.45) is 4.78. The van der Waals surface area contributed by atoms with Crippen molar-refractivity contribution in [3.8, 4) is 0 Å². The monoisotopic (exact) mass is 264 g/mol. The van der Waals surface area contributed by atoms with Crippen LogP contribution in [0.1, 0.15) is 31.7 Å². The van der Waals surface area contributed by atoms with Gasteiger partial charge in [-0.2, -0.15) is 0 Å². The third kappa shape index (κ3) is 5.75. The van der Waals surface area contributed by atoms with Crippen LogP contribution in [0.25, 0.3) is 0 Å². The predicted molar refractivity (Wildman–Crippen MR) is 78.4 cm³/mol. The molecular formula is C15H24N2O2. The number of benzene rings is 1. The van der Waals surface area contributed by atoms with Gasteiger partial charge in [0, 0.05) is 19.3 Å². The molecule has 0 atom stereocenters. The number of carbonyl (C=O) groups is 1. The Morgan fingerprint density at radius 1 is 1.26 bits per heavy atom. The van der Waals surface area contributed by atoms with E-state index in [1.54, 1.807) is 7.05 Å². The first-order chi connectivity index (χ1) is 9.17. The maximum Gasteiger partial charge on any atom is 0.321 e. The normalized spacial score (nSPS) is 10.3. The Bertz CT molecular complexity index is 376. The molecule has 0 aliphatic rings. The van der Waals surface area contributed by atoms with Crippen molar-refractivity contribution in [2.75, 3.05) is 25.5 Å². The molecular weight excluding hydrogens is 240 g/mol. The van der Waals surface area contributed by atoms with E-state index in [1.807, 2.05) is 12.1 Å². The molecule has 0 heterocycles. The minimum atomic E-state index is -0.201. The first kappa shape index (κ1) is 15.5. The van der Waals surface area contributed by atoms with Crippen LogP contribution in [0.5, 0.6) is 0 Å². The van der Waals surface area contributed by atoms with Gasteiger partial charge in [-0.25, -0.2) is 4.79 Å². The number of likely N-dealkylation sites (N-methyl/N-ethyl adjacent to an activating group) is 1. The topological polar surface area (TPSA) is 52.6 Å². The molecule has 0 aromatic heterocycles. The fourth-order valence-corrected chi connectivity index (χ4v) is 1.80. The van der Waals surface area contributed by atoms with E-state index in [1.165, 1.54) is 29.7 Å². The predicted octanol–water partition coefficient (Wildman–Crippen LogP) is 2.88. The van der Waals surface area contributed by atoms with Gasteiger partial charge < -0.3 is 15.3 Å². The van der Waals surface area contributed by atoms with Crippen LogP contribution >= 0.6 is 0 Å². The highest BCUT2D eigenvalue weighted by Crippen LogP contribution is 2.12. The fraction of sp³-hybridized carbons (Fsp3) is 0.533. The minimum Gasteiger partial charge on any atom is -0.395 e. The molecule has 106 valence electrons. The highest BCUT2D eigenvalue weighted by Gasteiger charge is 2.07. The standard InChI is InChI=1S/C15H24N2O2/c1-3-4-5-6-13-7-9-14(10-8-13)16-15(19)17(2)11-12-18/h7-10,18H,3-6,11-12H2,1-2H3,(H,16,19). The van der Waals surface area contributed by atoms with Gasteiger partial charge in [-0.15, -0.1) is 0 Å². The molecule has 1 rings (SSSR count). The molecule has 0 fully saturated rings. The summed E-state index contributed by atoms with van der Waals surface area (Å²) >= 11 is 0. The van der Waals surface area contributed by atoms with E-state index >= 15 is 0 Å². The molecule has 0 bridgehead atoms. The smallest absolute Gasteiger partial charge is 0.321 e. The Hall–Kier alpha value is -1.55. The molecule has 2 N–H and O–H groups in total. The molecule has 0 saturated carbocycles. The van der Waals surface area contributed by atoms with Crippen molar-refractivity contribution < 1.29 is 9.90 Å². The van der Waals surface area contributed by atoms with Crippen LogP contribution in [0.15, 0.2) is 24.3 Å². The summed E-state index contributed by atoms with van der Waals surface area (Å²) in [5.41, 5.74) is 2.09. The average Bonchev–Trinajstić information content (AvgIpc) is 2.41. The number of nitrogens with one attached hydrogen (secondary N) is 1. The Kier molecular flexibility index (Phi) is 6.97. The van der Waals surface area contributed by atoms with Crippen LogP contribution in [0.4, 0.5) is 10.5 Å². The van der Waals surface area contributed by atoms with Crippen molar-refractivity contribution in [2.24, 2.45) is 0 Å². The van der Waals surface area contributed by atoms with Crippen LogP contribution in [0.3, 0.4) is 0 Å². The van der Waals surface area contributed by atoms with Crippen LogP contribution in [-0.4, -0.2) is 36.2 Å². The van der Waals surface area contributed by atoms with E-state index in [4.69, 9.17) is 5.11 Å². The number of rotatable bonds is 7. The first-order valence-corrected chi connectivity index (χ1v) is 6.89. The summed E-state index contributed by atoms with van der Waals surface area (Å²) in [6, 6.07) is 7.75. The second kappa shape index (κ2) is 8.53. The molecule has 0 radical (unpaired) electrons. The number of hydrogen-bond acceptors (Lipinski definition) is 2. The highest BCUT2D eigenvalue weighted by molar-refractivity contribution is 5.89. The second-order valence-electron chi connectivity index (χ2n) is 4.73. The summed E-state index contributed by atoms with van der Waals surface area (Å²) in [4.78, 5) is 13.2. The molecule has 0 saturated heterocycles. The third-order valence-corrected chi connectivity index (χ3v) is 3.06. The maximum atomic E-state index is 11.7. The zero-order chi connectivity index (χ0) is 14.1. The fourth-order valence-electron chi connectivity index (χ4n) is 1.80. The van der Waals surface area contributed by atoms with Gasteiger partial charge in [0.15, 0.2) is 0 Å². The van der Waals surface area contributed by atoms with Crippen LogP contribution in [-0.2, 0) is 6.42 Å². The molecule has 2 amide bonds. The molecule has 4 heteroatoms. The lowest BCUT2D eigenvalue weighted by atomic mass is 10.1. The van der Waals surface area contributed by atoms with E-state index in [0.29, 0.717) is 6.54 Å². The molecule has 4 nitrogen and oxygen atoms in total. The Morgan fingerprint density at radius 3 is 2.53 bits per heavy atom. The second-order valence-corrected chi connectivity index (χ2v) is 4.73. The molecule has 19 heavy (non-hydrogen) atoms. The number of hydrogen-bond donors (Lipinski definition) is 2. The van der Waals surface area contributed by atoms with Gasteiger partial charge in [-0.05, 0) is 30.5 Å². The van der Waals surface area contributed by atoms with Gasteiger partial charge in [0.2, 0.25) is 0 Å². The van der Waals surface area contributed by atoms with Crippen LogP contribution in [0.2, 0.25) is 0 Å². The summed E-state index contributed by atoms with van der Waals surface area (Å²) in [5, 5.41) is 11.6. The van der Waals surface area contributed by atoms with Gasteiger partial charge in [-0.3, -0.25) is 0 Å². The van der Waals surface area contributed by atoms with Crippen molar-refractivity contribution in [2.45, 2.75) is 32.6 Å². The van der Waals surface area contributed by atoms with E-state index in [9.17, 15) is 4.79 Å². The van der Waals surface area contributed by atoms with Crippen LogP contribution < -0.4 is 5.32 Å². The van der Waals surface area contributed by atoms with Crippen molar-refractivity contribution in [3.05, 3.63) is 29.8 Å². The van der Waals surface area contributed by atoms with E-state index in [0.717, 1.165) is 12.1 Å². The van der Waals surface area contributed by atoms with E-state index in [2.05, 4.69) is 24.4 Å². The van der Waals surface area contributed by atoms with Crippen molar-refractivity contribution in [1.29, 1.82) is 0 Å². The van der Waals surface area contributed by atoms with Gasteiger partial charge >= 0.3 is 6.03 Å². The number of aliphatic hydroxyl groups excluding tert-OH is 1. The summed E-state index contributed by atoms with van der Waals surface area (Å²) in [7, 11) is 1.66. The first-order valence-electron chi connectivity index (χ1n) is 6.89. The van der Waals surface area contributed by atoms with Gasteiger partial charge in [0.25, 0.3) is 0 Å². The molecule has 1 aromatic rings. The van der Waals surface area contributed by atoms with Crippen molar-refractivity contribution >= 4 is 11.7 Å². The SMILES string of the molecule is CCCCCc1ccc(NC(=O)N(C)CCO)cc1. The Balaban J connectivity index is 2.45. The number of nitrogens with zero attached hydrogens (tertiary/aromatic N) is 1. The summed E-state index contributed by atoms with van der Waals surface area (Å²) in [6.45, 7) is 2.50. The largest absolute Gasteiger partial charge is 0.395 e. The van der Waals surface area contributed by atoms with Gasteiger partial charge in [0.1, 0.15) is 0 Å². The van der Waals surface area contributed by atoms with Crippen molar-refractivity contribution in [1.82, 2.24) is 4.90 Å². The zero-order valence-electron chi connectivity index (χ0n) is 11.9. The van der Waals surface area contributed by atoms with E-state index in [-0.39, 0.29) is 12.6 Å². The third-order valence-electron chi connectivity index (χ3n) is 3.06. The summed E-state index contributed by atoms with van der Waals surface area (Å²) in [5.74, 6) is 0. The Morgan fingerprint density at radius 2 is 1.95 bits per heavy atom. The lowest BCUT2D eigenvalue weighted by Crippen LogP contribution is -2.33. The molecule has 0 aliphatic carbocycles. The number of aliphatic hydroxyl groups is 1. The number of aryl methyl sites for hydroxylation is 1. The minimum absolute atomic E-state index is 0.0275. The summed E-state index contributed by atoms with van der Waals surface area (Å²) < 4.78 is 0. The number of anilines is 1. The maximum absolute atomic E-state index is 11.7. The lowest BCUT2D eigenvalue weighted by molar-refractivity contribution is 0.202. The Labute approximate surface area is 115 Å². The number of amides is 2. The lowest BCUT2D eigenvalue weighted by Gasteiger charge is -2.16. The number of unbranched alkanes of at least 4 members (excludes halogenated alkanes) is 2. The molecule has 1 aromatic carbocycles. The average molecular weight is 264 g/mol. The van der Waals surface area contributed by atoms with Crippen molar-refractivity contribution in [3.63, 3.8) is 0 Å². The number of urea groups is 1.